The van der Waals surface area contributed by atoms with E-state index >= 15 is 0 Å². The Hall–Kier alpha value is -3.34. The molecule has 31 heavy (non-hydrogen) atoms. The van der Waals surface area contributed by atoms with E-state index in [2.05, 4.69) is 5.32 Å². The van der Waals surface area contributed by atoms with E-state index in [0.717, 1.165) is 42.6 Å². The molecule has 1 aliphatic carbocycles. The van der Waals surface area contributed by atoms with E-state index in [0.29, 0.717) is 18.7 Å². The molecule has 2 amide bonds. The van der Waals surface area contributed by atoms with Gasteiger partial charge < -0.3 is 14.6 Å². The van der Waals surface area contributed by atoms with Gasteiger partial charge in [0.25, 0.3) is 5.91 Å². The first-order valence-corrected chi connectivity index (χ1v) is 10.9. The van der Waals surface area contributed by atoms with Gasteiger partial charge >= 0.3 is 0 Å². The second-order valence-electron chi connectivity index (χ2n) is 8.51. The Morgan fingerprint density at radius 3 is 2.48 bits per heavy atom. The van der Waals surface area contributed by atoms with Gasteiger partial charge in [-0.25, -0.2) is 0 Å². The molecule has 0 radical (unpaired) electrons. The minimum Gasteiger partial charge on any atom is -0.467 e. The molecule has 1 aliphatic heterocycles. The zero-order chi connectivity index (χ0) is 21.3. The minimum atomic E-state index is -0.505. The fourth-order valence-corrected chi connectivity index (χ4v) is 5.35. The van der Waals surface area contributed by atoms with Gasteiger partial charge in [0.05, 0.1) is 24.3 Å². The molecule has 2 aliphatic rings. The van der Waals surface area contributed by atoms with Gasteiger partial charge in [0.15, 0.2) is 0 Å². The summed E-state index contributed by atoms with van der Waals surface area (Å²) in [4.78, 5) is 29.3. The number of nitrogens with one attached hydrogen (secondary N) is 1. The molecule has 1 spiro atoms. The van der Waals surface area contributed by atoms with Gasteiger partial charge in [-0.05, 0) is 42.2 Å². The molecule has 0 saturated heterocycles. The maximum atomic E-state index is 13.7. The van der Waals surface area contributed by atoms with E-state index in [4.69, 9.17) is 4.42 Å². The highest BCUT2D eigenvalue weighted by Crippen LogP contribution is 2.50. The standard InChI is InChI=1S/C26H26N2O3/c29-24(27-17-20-11-8-16-31-20)23-21-12-4-5-13-22(21)25(30)28(26(23)14-6-7-15-26)18-19-9-2-1-3-10-19/h1-5,8-13,16,23H,6-7,14-15,17-18H2,(H,27,29). The van der Waals surface area contributed by atoms with E-state index in [1.165, 1.54) is 0 Å². The molecule has 1 saturated carbocycles. The summed E-state index contributed by atoms with van der Waals surface area (Å²) in [6.45, 7) is 0.850. The van der Waals surface area contributed by atoms with Crippen molar-refractivity contribution in [2.24, 2.45) is 0 Å². The molecule has 1 N–H and O–H groups in total. The van der Waals surface area contributed by atoms with Crippen molar-refractivity contribution in [3.05, 3.63) is 95.4 Å². The van der Waals surface area contributed by atoms with Crippen molar-refractivity contribution in [3.63, 3.8) is 0 Å². The number of nitrogens with zero attached hydrogens (tertiary/aromatic N) is 1. The van der Waals surface area contributed by atoms with Gasteiger partial charge in [0.2, 0.25) is 5.91 Å². The average Bonchev–Trinajstić information content (AvgIpc) is 3.49. The zero-order valence-electron chi connectivity index (χ0n) is 17.4. The predicted octanol–water partition coefficient (Wildman–Crippen LogP) is 4.65. The van der Waals surface area contributed by atoms with Crippen LogP contribution in [0.1, 0.15) is 58.8 Å². The normalized spacial score (nSPS) is 19.4. The number of hydrogen-bond acceptors (Lipinski definition) is 3. The summed E-state index contributed by atoms with van der Waals surface area (Å²) in [6.07, 6.45) is 5.30. The highest BCUT2D eigenvalue weighted by molar-refractivity contribution is 6.02. The van der Waals surface area contributed by atoms with Crippen LogP contribution < -0.4 is 5.32 Å². The van der Waals surface area contributed by atoms with Crippen LogP contribution in [0, 0.1) is 0 Å². The van der Waals surface area contributed by atoms with Crippen LogP contribution in [0.25, 0.3) is 0 Å². The van der Waals surface area contributed by atoms with Crippen LogP contribution in [0.3, 0.4) is 0 Å². The van der Waals surface area contributed by atoms with Crippen LogP contribution in [-0.2, 0) is 17.9 Å². The molecule has 158 valence electrons. The molecule has 5 nitrogen and oxygen atoms in total. The number of carbonyl (C=O) groups excluding carboxylic acids is 2. The third-order valence-electron chi connectivity index (χ3n) is 6.75. The van der Waals surface area contributed by atoms with Crippen LogP contribution >= 0.6 is 0 Å². The fraction of sp³-hybridized carbons (Fsp3) is 0.308. The summed E-state index contributed by atoms with van der Waals surface area (Å²) in [5.74, 6) is 0.297. The van der Waals surface area contributed by atoms with Crippen LogP contribution in [0.15, 0.2) is 77.4 Å². The largest absolute Gasteiger partial charge is 0.467 e. The van der Waals surface area contributed by atoms with E-state index in [1.54, 1.807) is 6.26 Å². The van der Waals surface area contributed by atoms with Gasteiger partial charge in [0.1, 0.15) is 5.76 Å². The van der Waals surface area contributed by atoms with Crippen LogP contribution in [0.2, 0.25) is 0 Å². The van der Waals surface area contributed by atoms with Gasteiger partial charge in [-0.1, -0.05) is 61.4 Å². The number of fused-ring (bicyclic) bond motifs is 1. The minimum absolute atomic E-state index is 0.0245. The lowest BCUT2D eigenvalue weighted by atomic mass is 9.71. The Morgan fingerprint density at radius 1 is 1.00 bits per heavy atom. The highest BCUT2D eigenvalue weighted by Gasteiger charge is 2.55. The van der Waals surface area contributed by atoms with E-state index in [9.17, 15) is 9.59 Å². The number of amides is 2. The summed E-state index contributed by atoms with van der Waals surface area (Å²) < 4.78 is 5.40. The number of furan rings is 1. The van der Waals surface area contributed by atoms with Crippen molar-refractivity contribution in [1.29, 1.82) is 0 Å². The predicted molar refractivity (Wildman–Crippen MR) is 117 cm³/mol. The lowest BCUT2D eigenvalue weighted by molar-refractivity contribution is -0.126. The smallest absolute Gasteiger partial charge is 0.254 e. The van der Waals surface area contributed by atoms with Crippen molar-refractivity contribution < 1.29 is 14.0 Å². The van der Waals surface area contributed by atoms with Crippen molar-refractivity contribution in [2.75, 3.05) is 0 Å². The van der Waals surface area contributed by atoms with Crippen molar-refractivity contribution in [2.45, 2.75) is 50.2 Å². The second-order valence-corrected chi connectivity index (χ2v) is 8.51. The summed E-state index contributed by atoms with van der Waals surface area (Å²) in [7, 11) is 0. The maximum absolute atomic E-state index is 13.7. The van der Waals surface area contributed by atoms with Crippen molar-refractivity contribution in [1.82, 2.24) is 10.2 Å². The topological polar surface area (TPSA) is 62.6 Å². The maximum Gasteiger partial charge on any atom is 0.254 e. The molecule has 5 heteroatoms. The summed E-state index contributed by atoms with van der Waals surface area (Å²) in [5.41, 5.74) is 2.05. The van der Waals surface area contributed by atoms with Gasteiger partial charge in [-0.15, -0.1) is 0 Å². The van der Waals surface area contributed by atoms with Gasteiger partial charge in [0, 0.05) is 12.1 Å². The van der Waals surface area contributed by atoms with E-state index in [1.807, 2.05) is 71.6 Å². The lowest BCUT2D eigenvalue weighted by Gasteiger charge is -2.50. The molecule has 0 bridgehead atoms. The highest BCUT2D eigenvalue weighted by atomic mass is 16.3. The summed E-state index contributed by atoms with van der Waals surface area (Å²) in [6, 6.07) is 21.3. The van der Waals surface area contributed by atoms with E-state index < -0.39 is 11.5 Å². The number of hydrogen-bond donors (Lipinski definition) is 1. The Morgan fingerprint density at radius 2 is 1.74 bits per heavy atom. The molecule has 5 rings (SSSR count). The van der Waals surface area contributed by atoms with Gasteiger partial charge in [-0.2, -0.15) is 0 Å². The van der Waals surface area contributed by atoms with Crippen LogP contribution in [0.5, 0.6) is 0 Å². The summed E-state index contributed by atoms with van der Waals surface area (Å²) in [5, 5.41) is 3.08. The third-order valence-corrected chi connectivity index (χ3v) is 6.75. The molecule has 2 heterocycles. The van der Waals surface area contributed by atoms with Crippen LogP contribution in [-0.4, -0.2) is 22.3 Å². The first-order chi connectivity index (χ1) is 15.2. The molecule has 1 aromatic heterocycles. The van der Waals surface area contributed by atoms with Crippen molar-refractivity contribution >= 4 is 11.8 Å². The lowest BCUT2D eigenvalue weighted by Crippen LogP contribution is -2.60. The van der Waals surface area contributed by atoms with E-state index in [-0.39, 0.29) is 11.8 Å². The Kier molecular flexibility index (Phi) is 5.10. The number of rotatable bonds is 5. The molecular weight excluding hydrogens is 388 g/mol. The Bertz CT molecular complexity index is 1070. The summed E-state index contributed by atoms with van der Waals surface area (Å²) >= 11 is 0. The quantitative estimate of drug-likeness (QED) is 0.661. The Labute approximate surface area is 182 Å². The fourth-order valence-electron chi connectivity index (χ4n) is 5.35. The average molecular weight is 415 g/mol. The first kappa shape index (κ1) is 19.6. The van der Waals surface area contributed by atoms with Crippen molar-refractivity contribution in [3.8, 4) is 0 Å². The molecule has 1 fully saturated rings. The number of benzene rings is 2. The number of carbonyl (C=O) groups is 2. The zero-order valence-corrected chi connectivity index (χ0v) is 17.4. The third kappa shape index (κ3) is 3.44. The molecular formula is C26H26N2O3. The van der Waals surface area contributed by atoms with Gasteiger partial charge in [-0.3, -0.25) is 9.59 Å². The van der Waals surface area contributed by atoms with Crippen LogP contribution in [0.4, 0.5) is 0 Å². The Balaban J connectivity index is 1.56. The molecule has 3 aromatic rings. The molecule has 2 aromatic carbocycles. The molecule has 1 unspecified atom stereocenters. The first-order valence-electron chi connectivity index (χ1n) is 10.9. The monoisotopic (exact) mass is 414 g/mol. The second kappa shape index (κ2) is 8.06. The molecule has 1 atom stereocenters. The SMILES string of the molecule is O=C(NCc1ccco1)C1c2ccccc2C(=O)N(Cc2ccccc2)C12CCCC2.